The third-order valence-electron chi connectivity index (χ3n) is 14.8. The number of hydrogen-bond acceptors (Lipinski definition) is 5. The van der Waals surface area contributed by atoms with Gasteiger partial charge in [-0.3, -0.25) is 0 Å². The number of hydrogen-bond donors (Lipinski definition) is 0. The molecule has 0 amide bonds. The molecule has 0 aliphatic carbocycles. The van der Waals surface area contributed by atoms with Crippen molar-refractivity contribution in [3.8, 4) is 22.6 Å². The van der Waals surface area contributed by atoms with Crippen molar-refractivity contribution in [1.29, 1.82) is 0 Å². The highest BCUT2D eigenvalue weighted by Crippen LogP contribution is 2.49. The Labute approximate surface area is 416 Å². The van der Waals surface area contributed by atoms with Crippen LogP contribution in [-0.2, 0) is 0 Å². The quantitative estimate of drug-likeness (QED) is 0.149. The van der Waals surface area contributed by atoms with E-state index >= 15 is 0 Å². The van der Waals surface area contributed by atoms with E-state index < -0.39 is 0 Å². The lowest BCUT2D eigenvalue weighted by molar-refractivity contribution is 0.631. The van der Waals surface area contributed by atoms with Gasteiger partial charge in [0.05, 0.1) is 11.4 Å². The number of rotatable bonds is 7. The smallest absolute Gasteiger partial charge is 0.252 e. The number of benzene rings is 11. The van der Waals surface area contributed by atoms with Crippen molar-refractivity contribution in [1.82, 2.24) is 0 Å². The van der Waals surface area contributed by atoms with Crippen LogP contribution in [0.25, 0.3) is 66.1 Å². The molecule has 0 fully saturated rings. The van der Waals surface area contributed by atoms with E-state index in [1.54, 1.807) is 0 Å². The van der Waals surface area contributed by atoms with Gasteiger partial charge in [-0.1, -0.05) is 146 Å². The summed E-state index contributed by atoms with van der Waals surface area (Å²) in [5.74, 6) is 1.71. The van der Waals surface area contributed by atoms with Gasteiger partial charge in [0, 0.05) is 67.1 Å². The number of furan rings is 2. The van der Waals surface area contributed by atoms with E-state index in [2.05, 4.69) is 245 Å². The van der Waals surface area contributed by atoms with Gasteiger partial charge >= 0.3 is 0 Å². The van der Waals surface area contributed by atoms with Crippen LogP contribution in [0.3, 0.4) is 0 Å². The second kappa shape index (κ2) is 16.0. The van der Waals surface area contributed by atoms with Crippen molar-refractivity contribution in [3.05, 3.63) is 255 Å². The second-order valence-electron chi connectivity index (χ2n) is 18.9. The maximum atomic E-state index is 6.38. The average Bonchev–Trinajstić information content (AvgIpc) is 4.09. The molecular formula is C66H42BN3O2. The fourth-order valence-electron chi connectivity index (χ4n) is 11.5. The van der Waals surface area contributed by atoms with Crippen molar-refractivity contribution in [2.24, 2.45) is 0 Å². The summed E-state index contributed by atoms with van der Waals surface area (Å²) in [5, 5.41) is 6.80. The molecule has 0 saturated heterocycles. The van der Waals surface area contributed by atoms with E-state index in [-0.39, 0.29) is 6.71 Å². The molecule has 0 spiro atoms. The molecule has 15 rings (SSSR count). The zero-order valence-electron chi connectivity index (χ0n) is 39.0. The Balaban J connectivity index is 0.976. The number of para-hydroxylation sites is 5. The molecule has 5 nitrogen and oxygen atoms in total. The van der Waals surface area contributed by atoms with Gasteiger partial charge in [-0.15, -0.1) is 0 Å². The topological polar surface area (TPSA) is 36.0 Å². The fourth-order valence-corrected chi connectivity index (χ4v) is 11.5. The molecule has 11 aromatic carbocycles. The minimum Gasteiger partial charge on any atom is -0.456 e. The van der Waals surface area contributed by atoms with Gasteiger partial charge in [0.2, 0.25) is 0 Å². The molecular weight excluding hydrogens is 878 g/mol. The van der Waals surface area contributed by atoms with Crippen LogP contribution in [0.5, 0.6) is 0 Å². The molecule has 2 aromatic heterocycles. The van der Waals surface area contributed by atoms with Crippen molar-refractivity contribution >= 4 is 118 Å². The summed E-state index contributed by atoms with van der Waals surface area (Å²) in [6.07, 6.45) is 0. The molecule has 0 unspecified atom stereocenters. The number of nitrogens with zero attached hydrogens (tertiary/aromatic N) is 3. The Kier molecular flexibility index (Phi) is 8.99. The zero-order valence-corrected chi connectivity index (χ0v) is 39.0. The van der Waals surface area contributed by atoms with Crippen molar-refractivity contribution < 1.29 is 8.83 Å². The van der Waals surface area contributed by atoms with E-state index in [1.165, 1.54) is 32.8 Å². The zero-order chi connectivity index (χ0) is 47.3. The van der Waals surface area contributed by atoms with Crippen LogP contribution >= 0.6 is 0 Å². The van der Waals surface area contributed by atoms with Crippen LogP contribution < -0.4 is 31.1 Å². The SMILES string of the molecule is c1ccc(N2c3ccccc3B3c4ccccc4N(c4ccc(-c5cc6ccccc6o5)cc4)c4cc(N(c5ccc6cc(-c7cc8ccccc8o7)ccc6c5)c5cccc6ccccc56)cc2c43)cc1. The van der Waals surface area contributed by atoms with Gasteiger partial charge < -0.3 is 23.5 Å². The standard InChI is InChI=1S/C66H42BN3O2/c1-2-19-50(20-3-1)69-58-24-10-8-22-55(58)67-56-23-9-11-25-59(56)70(51-34-31-44(32-35-51)64-39-47-16-5-12-27-62(47)71-64)61-42-53(41-60(69)66(61)67)68(57-26-14-18-43-15-4-7-21-54(43)57)52-36-33-45-37-49(30-29-46(45)38-52)65-40-48-17-6-13-28-63(48)72-65/h1-42H. The minimum absolute atomic E-state index is 0.0184. The maximum Gasteiger partial charge on any atom is 0.252 e. The predicted molar refractivity (Wildman–Crippen MR) is 301 cm³/mol. The molecule has 13 aromatic rings. The van der Waals surface area contributed by atoms with Gasteiger partial charge in [0.25, 0.3) is 6.71 Å². The minimum atomic E-state index is -0.0184. The van der Waals surface area contributed by atoms with E-state index in [0.29, 0.717) is 0 Å². The lowest BCUT2D eigenvalue weighted by Gasteiger charge is -2.45. The second-order valence-corrected chi connectivity index (χ2v) is 18.9. The molecule has 4 heterocycles. The summed E-state index contributed by atoms with van der Waals surface area (Å²) >= 11 is 0. The lowest BCUT2D eigenvalue weighted by Crippen LogP contribution is -2.61. The van der Waals surface area contributed by atoms with Crippen LogP contribution in [0, 0.1) is 0 Å². The first-order valence-electron chi connectivity index (χ1n) is 24.6. The number of anilines is 9. The predicted octanol–water partition coefficient (Wildman–Crippen LogP) is 16.4. The fraction of sp³-hybridized carbons (Fsp3) is 0. The molecule has 0 bridgehead atoms. The largest absolute Gasteiger partial charge is 0.456 e. The summed E-state index contributed by atoms with van der Waals surface area (Å²) in [6, 6.07) is 92.1. The highest BCUT2D eigenvalue weighted by Gasteiger charge is 2.43. The first-order valence-corrected chi connectivity index (χ1v) is 24.6. The van der Waals surface area contributed by atoms with Crippen LogP contribution in [0.2, 0.25) is 0 Å². The van der Waals surface area contributed by atoms with Gasteiger partial charge in [-0.05, 0) is 142 Å². The van der Waals surface area contributed by atoms with E-state index in [9.17, 15) is 0 Å². The van der Waals surface area contributed by atoms with Gasteiger partial charge in [0.15, 0.2) is 0 Å². The van der Waals surface area contributed by atoms with Crippen LogP contribution in [0.4, 0.5) is 51.2 Å². The highest BCUT2D eigenvalue weighted by atomic mass is 16.3. The summed E-state index contributed by atoms with van der Waals surface area (Å²) in [5.41, 5.74) is 17.6. The van der Waals surface area contributed by atoms with Crippen molar-refractivity contribution in [2.45, 2.75) is 0 Å². The maximum absolute atomic E-state index is 6.38. The van der Waals surface area contributed by atoms with E-state index in [1.807, 2.05) is 24.3 Å². The van der Waals surface area contributed by atoms with Crippen molar-refractivity contribution in [3.63, 3.8) is 0 Å². The Hall–Kier alpha value is -9.52. The van der Waals surface area contributed by atoms with Crippen LogP contribution in [0.15, 0.2) is 264 Å². The summed E-state index contributed by atoms with van der Waals surface area (Å²) in [4.78, 5) is 7.43. The van der Waals surface area contributed by atoms with Gasteiger partial charge in [-0.2, -0.15) is 0 Å². The molecule has 2 aliphatic heterocycles. The molecule has 336 valence electrons. The molecule has 0 saturated carbocycles. The van der Waals surface area contributed by atoms with Crippen molar-refractivity contribution in [2.75, 3.05) is 14.7 Å². The molecule has 0 atom stereocenters. The third-order valence-corrected chi connectivity index (χ3v) is 14.8. The van der Waals surface area contributed by atoms with Crippen LogP contribution in [0.1, 0.15) is 0 Å². The summed E-state index contributed by atoms with van der Waals surface area (Å²) in [6.45, 7) is -0.0184. The van der Waals surface area contributed by atoms with Gasteiger partial charge in [0.1, 0.15) is 22.7 Å². The first-order chi connectivity index (χ1) is 35.7. The Morgan fingerprint density at radius 2 is 0.861 bits per heavy atom. The van der Waals surface area contributed by atoms with E-state index in [0.717, 1.165) is 101 Å². The first kappa shape index (κ1) is 40.4. The monoisotopic (exact) mass is 919 g/mol. The molecule has 0 N–H and O–H groups in total. The van der Waals surface area contributed by atoms with Gasteiger partial charge in [-0.25, -0.2) is 0 Å². The molecule has 0 radical (unpaired) electrons. The summed E-state index contributed by atoms with van der Waals surface area (Å²) < 4.78 is 12.7. The third kappa shape index (κ3) is 6.36. The van der Waals surface area contributed by atoms with E-state index in [4.69, 9.17) is 8.83 Å². The van der Waals surface area contributed by atoms with Crippen LogP contribution in [-0.4, -0.2) is 6.71 Å². The Bertz CT molecular complexity index is 4200. The Morgan fingerprint density at radius 1 is 0.333 bits per heavy atom. The molecule has 72 heavy (non-hydrogen) atoms. The lowest BCUT2D eigenvalue weighted by atomic mass is 9.33. The number of fused-ring (bicyclic) bond motifs is 8. The normalized spacial score (nSPS) is 12.6. The average molecular weight is 920 g/mol. The highest BCUT2D eigenvalue weighted by molar-refractivity contribution is 7.00. The molecule has 2 aliphatic rings. The summed E-state index contributed by atoms with van der Waals surface area (Å²) in [7, 11) is 0. The Morgan fingerprint density at radius 3 is 1.54 bits per heavy atom. The molecule has 6 heteroatoms.